The quantitative estimate of drug-likeness (QED) is 0.403. The number of pyridine rings is 1. The third-order valence-corrected chi connectivity index (χ3v) is 5.67. The van der Waals surface area contributed by atoms with E-state index in [1.165, 1.54) is 0 Å². The number of ether oxygens (including phenoxy) is 1. The average Bonchev–Trinajstić information content (AvgIpc) is 3.58. The normalized spacial score (nSPS) is 14.6. The number of aryl methyl sites for hydroxylation is 1. The van der Waals surface area contributed by atoms with Gasteiger partial charge in [-0.15, -0.1) is 5.10 Å². The maximum Gasteiger partial charge on any atom is 0.249 e. The SMILES string of the molecule is CC.CS.Cc1ccc(Oc2ccc3nc(NC(=O)C4CC4)nn3c2)cc1NC(=O)C1CCC1. The number of nitrogens with one attached hydrogen (secondary N) is 2. The Balaban J connectivity index is 0.000000771. The predicted molar refractivity (Wildman–Crippen MR) is 138 cm³/mol. The Kier molecular flexibility index (Phi) is 8.92. The lowest BCUT2D eigenvalue weighted by atomic mass is 9.85. The minimum absolute atomic E-state index is 0.0292. The average molecular weight is 484 g/mol. The van der Waals surface area contributed by atoms with Crippen LogP contribution in [0.1, 0.15) is 51.5 Å². The number of fused-ring (bicyclic) bond motifs is 1. The summed E-state index contributed by atoms with van der Waals surface area (Å²) in [5, 5.41) is 10.1. The van der Waals surface area contributed by atoms with Gasteiger partial charge < -0.3 is 10.1 Å². The van der Waals surface area contributed by atoms with Crippen molar-refractivity contribution in [2.45, 2.75) is 52.9 Å². The van der Waals surface area contributed by atoms with Gasteiger partial charge in [0, 0.05) is 23.6 Å². The van der Waals surface area contributed by atoms with Gasteiger partial charge in [0.1, 0.15) is 11.5 Å². The fourth-order valence-corrected chi connectivity index (χ4v) is 3.38. The maximum absolute atomic E-state index is 12.3. The Hall–Kier alpha value is -3.07. The van der Waals surface area contributed by atoms with E-state index in [1.54, 1.807) is 29.1 Å². The molecule has 2 aromatic heterocycles. The molecule has 2 fully saturated rings. The summed E-state index contributed by atoms with van der Waals surface area (Å²) in [4.78, 5) is 28.5. The number of carbonyl (C=O) groups excluding carboxylic acids is 2. The van der Waals surface area contributed by atoms with Gasteiger partial charge in [0.2, 0.25) is 17.8 Å². The van der Waals surface area contributed by atoms with E-state index >= 15 is 0 Å². The summed E-state index contributed by atoms with van der Waals surface area (Å²) < 4.78 is 7.55. The number of thiol groups is 1. The van der Waals surface area contributed by atoms with Crippen molar-refractivity contribution in [2.75, 3.05) is 16.9 Å². The van der Waals surface area contributed by atoms with Crippen molar-refractivity contribution < 1.29 is 14.3 Å². The molecule has 2 heterocycles. The molecule has 0 unspecified atom stereocenters. The number of rotatable bonds is 6. The van der Waals surface area contributed by atoms with E-state index in [-0.39, 0.29) is 23.7 Å². The molecule has 1 aromatic carbocycles. The van der Waals surface area contributed by atoms with Crippen LogP contribution in [0.2, 0.25) is 0 Å². The molecule has 0 bridgehead atoms. The van der Waals surface area contributed by atoms with E-state index < -0.39 is 0 Å². The van der Waals surface area contributed by atoms with Gasteiger partial charge in [0.15, 0.2) is 5.65 Å². The molecule has 2 aliphatic rings. The highest BCUT2D eigenvalue weighted by molar-refractivity contribution is 7.79. The molecule has 2 amide bonds. The molecule has 3 aromatic rings. The van der Waals surface area contributed by atoms with Crippen molar-refractivity contribution in [2.24, 2.45) is 11.8 Å². The number of benzene rings is 1. The fraction of sp³-hybridized carbons (Fsp3) is 0.440. The first-order chi connectivity index (χ1) is 16.5. The molecule has 34 heavy (non-hydrogen) atoms. The molecule has 2 N–H and O–H groups in total. The summed E-state index contributed by atoms with van der Waals surface area (Å²) in [6.07, 6.45) is 8.30. The number of carbonyl (C=O) groups is 2. The number of nitrogens with zero attached hydrogens (tertiary/aromatic N) is 3. The molecule has 8 nitrogen and oxygen atoms in total. The molecule has 9 heteroatoms. The van der Waals surface area contributed by atoms with E-state index in [2.05, 4.69) is 33.3 Å². The predicted octanol–water partition coefficient (Wildman–Crippen LogP) is 5.49. The summed E-state index contributed by atoms with van der Waals surface area (Å²) in [7, 11) is 0. The van der Waals surface area contributed by atoms with Crippen molar-refractivity contribution >= 4 is 41.7 Å². The second kappa shape index (κ2) is 11.9. The Morgan fingerprint density at radius 2 is 1.62 bits per heavy atom. The Morgan fingerprint density at radius 3 is 2.26 bits per heavy atom. The molecule has 2 aliphatic carbocycles. The van der Waals surface area contributed by atoms with Crippen LogP contribution < -0.4 is 15.4 Å². The zero-order chi connectivity index (χ0) is 24.7. The van der Waals surface area contributed by atoms with Crippen LogP contribution in [0.4, 0.5) is 11.6 Å². The number of amides is 2. The van der Waals surface area contributed by atoms with E-state index in [0.717, 1.165) is 43.4 Å². The highest BCUT2D eigenvalue weighted by atomic mass is 32.1. The molecule has 0 atom stereocenters. The van der Waals surface area contributed by atoms with E-state index in [9.17, 15) is 9.59 Å². The second-order valence-electron chi connectivity index (χ2n) is 8.06. The van der Waals surface area contributed by atoms with Crippen LogP contribution >= 0.6 is 12.6 Å². The monoisotopic (exact) mass is 483 g/mol. The van der Waals surface area contributed by atoms with Crippen LogP contribution in [0.3, 0.4) is 0 Å². The van der Waals surface area contributed by atoms with Crippen molar-refractivity contribution in [1.82, 2.24) is 14.6 Å². The van der Waals surface area contributed by atoms with Gasteiger partial charge in [-0.25, -0.2) is 4.52 Å². The Morgan fingerprint density at radius 1 is 0.971 bits per heavy atom. The lowest BCUT2D eigenvalue weighted by molar-refractivity contribution is -0.122. The smallest absolute Gasteiger partial charge is 0.249 e. The molecule has 0 saturated heterocycles. The summed E-state index contributed by atoms with van der Waals surface area (Å²) in [6, 6.07) is 9.19. The second-order valence-corrected chi connectivity index (χ2v) is 8.06. The van der Waals surface area contributed by atoms with Crippen LogP contribution in [-0.4, -0.2) is 32.7 Å². The third kappa shape index (κ3) is 6.28. The molecule has 0 aliphatic heterocycles. The molecular weight excluding hydrogens is 450 g/mol. The zero-order valence-corrected chi connectivity index (χ0v) is 21.1. The van der Waals surface area contributed by atoms with Crippen LogP contribution in [0.5, 0.6) is 11.5 Å². The first-order valence-electron chi connectivity index (χ1n) is 11.8. The highest BCUT2D eigenvalue weighted by Gasteiger charge is 2.30. The summed E-state index contributed by atoms with van der Waals surface area (Å²) in [5.41, 5.74) is 2.36. The minimum Gasteiger partial charge on any atom is -0.456 e. The van der Waals surface area contributed by atoms with E-state index in [0.29, 0.717) is 23.1 Å². The van der Waals surface area contributed by atoms with Gasteiger partial charge in [-0.05, 0) is 62.6 Å². The fourth-order valence-electron chi connectivity index (χ4n) is 3.38. The minimum atomic E-state index is -0.0292. The lowest BCUT2D eigenvalue weighted by Crippen LogP contribution is -2.28. The molecule has 2 saturated carbocycles. The van der Waals surface area contributed by atoms with Gasteiger partial charge in [-0.3, -0.25) is 14.9 Å². The van der Waals surface area contributed by atoms with Gasteiger partial charge in [0.05, 0.1) is 6.20 Å². The largest absolute Gasteiger partial charge is 0.456 e. The number of anilines is 2. The van der Waals surface area contributed by atoms with Crippen LogP contribution in [0.15, 0.2) is 36.5 Å². The van der Waals surface area contributed by atoms with Crippen LogP contribution in [0, 0.1) is 18.8 Å². The molecule has 0 spiro atoms. The first kappa shape index (κ1) is 25.6. The third-order valence-electron chi connectivity index (χ3n) is 5.67. The Bertz CT molecular complexity index is 1140. The molecular formula is C25H33N5O3S. The number of hydrogen-bond acceptors (Lipinski definition) is 6. The summed E-state index contributed by atoms with van der Waals surface area (Å²) >= 11 is 3.53. The topological polar surface area (TPSA) is 97.6 Å². The highest BCUT2D eigenvalue weighted by Crippen LogP contribution is 2.31. The number of hydrogen-bond donors (Lipinski definition) is 3. The summed E-state index contributed by atoms with van der Waals surface area (Å²) in [5.74, 6) is 1.75. The Labute approximate surface area is 205 Å². The molecule has 182 valence electrons. The van der Waals surface area contributed by atoms with Crippen LogP contribution in [-0.2, 0) is 9.59 Å². The molecule has 0 radical (unpaired) electrons. The van der Waals surface area contributed by atoms with Crippen molar-refractivity contribution in [3.05, 3.63) is 42.1 Å². The van der Waals surface area contributed by atoms with E-state index in [1.807, 2.05) is 39.0 Å². The summed E-state index contributed by atoms with van der Waals surface area (Å²) in [6.45, 7) is 5.96. The van der Waals surface area contributed by atoms with Gasteiger partial charge in [-0.1, -0.05) is 26.3 Å². The van der Waals surface area contributed by atoms with Crippen LogP contribution in [0.25, 0.3) is 5.65 Å². The van der Waals surface area contributed by atoms with Crippen molar-refractivity contribution in [1.29, 1.82) is 0 Å². The van der Waals surface area contributed by atoms with Gasteiger partial charge >= 0.3 is 0 Å². The lowest BCUT2D eigenvalue weighted by Gasteiger charge is -2.24. The van der Waals surface area contributed by atoms with Gasteiger partial charge in [0.25, 0.3) is 0 Å². The number of aromatic nitrogens is 3. The van der Waals surface area contributed by atoms with Gasteiger partial charge in [-0.2, -0.15) is 17.6 Å². The molecule has 5 rings (SSSR count). The van der Waals surface area contributed by atoms with Crippen molar-refractivity contribution in [3.63, 3.8) is 0 Å². The standard InChI is InChI=1S/C22H23N5O3.C2H6.CH4S/c1-13-5-8-16(11-18(13)23-20(28)14-3-2-4-14)30-17-9-10-19-24-22(26-27(19)12-17)25-21(29)15-6-7-15;2*1-2/h5,8-12,14-15H,2-4,6-7H2,1H3,(H,23,28)(H,25,26,29);1-2H3;2H,1H3. The van der Waals surface area contributed by atoms with E-state index in [4.69, 9.17) is 4.74 Å². The zero-order valence-electron chi connectivity index (χ0n) is 20.2. The first-order valence-corrected chi connectivity index (χ1v) is 12.7. The maximum atomic E-state index is 12.3. The van der Waals surface area contributed by atoms with Crippen molar-refractivity contribution in [3.8, 4) is 11.5 Å².